The maximum atomic E-state index is 12.3. The molecule has 0 bridgehead atoms. The highest BCUT2D eigenvalue weighted by Gasteiger charge is 2.24. The first-order valence-electron chi connectivity index (χ1n) is 9.45. The molecule has 0 saturated carbocycles. The molecule has 2 heterocycles. The van der Waals surface area contributed by atoms with E-state index in [1.54, 1.807) is 4.90 Å². The van der Waals surface area contributed by atoms with E-state index in [1.165, 1.54) is 35.7 Å². The van der Waals surface area contributed by atoms with Crippen LogP contribution in [-0.2, 0) is 4.79 Å². The van der Waals surface area contributed by atoms with Crippen molar-refractivity contribution in [1.82, 2.24) is 5.32 Å². The van der Waals surface area contributed by atoms with Crippen LogP contribution in [0.2, 0.25) is 0 Å². The molecule has 3 rings (SSSR count). The standard InChI is InChI=1S/C20H29N3O/c1-2-22-14-10-19(11-15-22)21-20(24)16-23-12-8-18(9-13-23)17-6-4-3-5-7-17/h3-8,19H,2,9-16H2,1H3,(H,21,24)/p+2. The SMILES string of the molecule is CC[NH+]1CCC(NC(=O)C[NH+]2CC=C(c3ccccc3)CC2)CC1. The van der Waals surface area contributed by atoms with Crippen LogP contribution in [0, 0.1) is 0 Å². The molecule has 1 aromatic carbocycles. The Morgan fingerprint density at radius 3 is 2.50 bits per heavy atom. The third-order valence-corrected chi connectivity index (χ3v) is 5.50. The number of likely N-dealkylation sites (tertiary alicyclic amines) is 1. The lowest BCUT2D eigenvalue weighted by atomic mass is 9.99. The summed E-state index contributed by atoms with van der Waals surface area (Å²) in [5.41, 5.74) is 2.75. The number of carbonyl (C=O) groups excluding carboxylic acids is 1. The zero-order chi connectivity index (χ0) is 16.8. The molecule has 2 aliphatic rings. The monoisotopic (exact) mass is 329 g/mol. The molecule has 0 radical (unpaired) electrons. The van der Waals surface area contributed by atoms with Crippen molar-refractivity contribution in [1.29, 1.82) is 0 Å². The Morgan fingerprint density at radius 2 is 1.88 bits per heavy atom. The van der Waals surface area contributed by atoms with Crippen molar-refractivity contribution in [2.24, 2.45) is 0 Å². The summed E-state index contributed by atoms with van der Waals surface area (Å²) in [7, 11) is 0. The molecular formula is C20H31N3O+2. The molecule has 0 aliphatic carbocycles. The number of carbonyl (C=O) groups is 1. The van der Waals surface area contributed by atoms with Crippen LogP contribution in [0.3, 0.4) is 0 Å². The van der Waals surface area contributed by atoms with Crippen molar-refractivity contribution in [3.8, 4) is 0 Å². The van der Waals surface area contributed by atoms with E-state index in [2.05, 4.69) is 48.6 Å². The number of quaternary nitrogens is 2. The van der Waals surface area contributed by atoms with Gasteiger partial charge in [0.25, 0.3) is 5.91 Å². The van der Waals surface area contributed by atoms with Gasteiger partial charge in [-0.05, 0) is 24.1 Å². The van der Waals surface area contributed by atoms with Gasteiger partial charge >= 0.3 is 0 Å². The number of hydrogen-bond donors (Lipinski definition) is 3. The molecule has 0 aromatic heterocycles. The normalized spacial score (nSPS) is 27.4. The third kappa shape index (κ3) is 4.68. The molecule has 24 heavy (non-hydrogen) atoms. The average Bonchev–Trinajstić information content (AvgIpc) is 2.64. The van der Waals surface area contributed by atoms with Crippen LogP contribution < -0.4 is 15.1 Å². The second-order valence-corrected chi connectivity index (χ2v) is 7.17. The van der Waals surface area contributed by atoms with Crippen LogP contribution in [0.15, 0.2) is 36.4 Å². The van der Waals surface area contributed by atoms with E-state index in [0.29, 0.717) is 12.6 Å². The lowest BCUT2D eigenvalue weighted by Gasteiger charge is -2.29. The number of piperidine rings is 1. The van der Waals surface area contributed by atoms with E-state index in [-0.39, 0.29) is 5.91 Å². The van der Waals surface area contributed by atoms with Gasteiger partial charge < -0.3 is 15.1 Å². The molecule has 0 spiro atoms. The molecule has 4 heteroatoms. The molecular weight excluding hydrogens is 298 g/mol. The fourth-order valence-electron chi connectivity index (χ4n) is 3.89. The zero-order valence-electron chi connectivity index (χ0n) is 14.8. The second kappa shape index (κ2) is 8.45. The maximum Gasteiger partial charge on any atom is 0.275 e. The highest BCUT2D eigenvalue weighted by molar-refractivity contribution is 5.77. The molecule has 1 saturated heterocycles. The van der Waals surface area contributed by atoms with E-state index in [0.717, 1.165) is 32.4 Å². The summed E-state index contributed by atoms with van der Waals surface area (Å²) in [6.45, 7) is 8.45. The maximum absolute atomic E-state index is 12.3. The summed E-state index contributed by atoms with van der Waals surface area (Å²) in [5, 5.41) is 3.26. The van der Waals surface area contributed by atoms with E-state index in [9.17, 15) is 4.79 Å². The summed E-state index contributed by atoms with van der Waals surface area (Å²) in [5.74, 6) is 0.228. The molecule has 1 aromatic rings. The molecule has 4 nitrogen and oxygen atoms in total. The van der Waals surface area contributed by atoms with Gasteiger partial charge in [-0.1, -0.05) is 30.3 Å². The second-order valence-electron chi connectivity index (χ2n) is 7.17. The van der Waals surface area contributed by atoms with Crippen LogP contribution in [0.1, 0.15) is 31.7 Å². The third-order valence-electron chi connectivity index (χ3n) is 5.50. The molecule has 1 fully saturated rings. The van der Waals surface area contributed by atoms with E-state index in [1.807, 2.05) is 0 Å². The Hall–Kier alpha value is -1.65. The Morgan fingerprint density at radius 1 is 1.12 bits per heavy atom. The Bertz CT molecular complexity index is 562. The van der Waals surface area contributed by atoms with Gasteiger partial charge in [0.05, 0.1) is 32.7 Å². The molecule has 1 amide bonds. The topological polar surface area (TPSA) is 38.0 Å². The van der Waals surface area contributed by atoms with Gasteiger partial charge in [-0.25, -0.2) is 0 Å². The summed E-state index contributed by atoms with van der Waals surface area (Å²) in [6.07, 6.45) is 5.63. The number of hydrogen-bond acceptors (Lipinski definition) is 1. The van der Waals surface area contributed by atoms with Gasteiger partial charge in [0.1, 0.15) is 0 Å². The zero-order valence-corrected chi connectivity index (χ0v) is 14.8. The summed E-state index contributed by atoms with van der Waals surface area (Å²) >= 11 is 0. The van der Waals surface area contributed by atoms with E-state index >= 15 is 0 Å². The lowest BCUT2D eigenvalue weighted by Crippen LogP contribution is -3.14. The van der Waals surface area contributed by atoms with Crippen molar-refractivity contribution in [2.45, 2.75) is 32.2 Å². The van der Waals surface area contributed by atoms with Gasteiger partial charge in [0.2, 0.25) is 0 Å². The van der Waals surface area contributed by atoms with Crippen molar-refractivity contribution >= 4 is 11.5 Å². The fourth-order valence-corrected chi connectivity index (χ4v) is 3.89. The van der Waals surface area contributed by atoms with Crippen molar-refractivity contribution in [3.05, 3.63) is 42.0 Å². The summed E-state index contributed by atoms with van der Waals surface area (Å²) in [6, 6.07) is 11.0. The Kier molecular flexibility index (Phi) is 6.05. The first-order chi connectivity index (χ1) is 11.7. The van der Waals surface area contributed by atoms with Crippen molar-refractivity contribution in [3.63, 3.8) is 0 Å². The lowest BCUT2D eigenvalue weighted by molar-refractivity contribution is -0.903. The average molecular weight is 329 g/mol. The van der Waals surface area contributed by atoms with Crippen LogP contribution >= 0.6 is 0 Å². The minimum Gasteiger partial charge on any atom is -0.348 e. The van der Waals surface area contributed by atoms with Gasteiger partial charge in [0.15, 0.2) is 6.54 Å². The molecule has 1 atom stereocenters. The first kappa shape index (κ1) is 17.2. The van der Waals surface area contributed by atoms with Crippen molar-refractivity contribution in [2.75, 3.05) is 39.3 Å². The molecule has 1 unspecified atom stereocenters. The number of benzene rings is 1. The van der Waals surface area contributed by atoms with Gasteiger partial charge in [0, 0.05) is 25.3 Å². The highest BCUT2D eigenvalue weighted by atomic mass is 16.2. The summed E-state index contributed by atoms with van der Waals surface area (Å²) in [4.78, 5) is 15.4. The van der Waals surface area contributed by atoms with Gasteiger partial charge in [-0.3, -0.25) is 4.79 Å². The number of nitrogens with one attached hydrogen (secondary N) is 3. The largest absolute Gasteiger partial charge is 0.348 e. The minimum absolute atomic E-state index is 0.228. The van der Waals surface area contributed by atoms with Crippen LogP contribution in [-0.4, -0.2) is 51.2 Å². The predicted octanol–water partition coefficient (Wildman–Crippen LogP) is -0.458. The quantitative estimate of drug-likeness (QED) is 0.672. The Balaban J connectivity index is 1.43. The molecule has 130 valence electrons. The van der Waals surface area contributed by atoms with E-state index in [4.69, 9.17) is 0 Å². The van der Waals surface area contributed by atoms with Crippen LogP contribution in [0.25, 0.3) is 5.57 Å². The van der Waals surface area contributed by atoms with Crippen molar-refractivity contribution < 1.29 is 14.6 Å². The van der Waals surface area contributed by atoms with Gasteiger partial charge in [-0.2, -0.15) is 0 Å². The van der Waals surface area contributed by atoms with Crippen LogP contribution in [0.4, 0.5) is 0 Å². The van der Waals surface area contributed by atoms with Gasteiger partial charge in [-0.15, -0.1) is 0 Å². The Labute approximate surface area is 145 Å². The van der Waals surface area contributed by atoms with E-state index < -0.39 is 0 Å². The fraction of sp³-hybridized carbons (Fsp3) is 0.550. The predicted molar refractivity (Wildman–Crippen MR) is 97.0 cm³/mol. The van der Waals surface area contributed by atoms with Crippen LogP contribution in [0.5, 0.6) is 0 Å². The highest BCUT2D eigenvalue weighted by Crippen LogP contribution is 2.17. The molecule has 3 N–H and O–H groups in total. The first-order valence-corrected chi connectivity index (χ1v) is 9.45. The smallest absolute Gasteiger partial charge is 0.275 e. The molecule has 2 aliphatic heterocycles. The number of rotatable bonds is 5. The minimum atomic E-state index is 0.228. The number of amides is 1. The summed E-state index contributed by atoms with van der Waals surface area (Å²) < 4.78 is 0.